The summed E-state index contributed by atoms with van der Waals surface area (Å²) in [6, 6.07) is 10.7. The summed E-state index contributed by atoms with van der Waals surface area (Å²) in [5.74, 6) is -0.457. The lowest BCUT2D eigenvalue weighted by molar-refractivity contribution is -0.139. The number of allylic oxidation sites excluding steroid dienone is 1. The van der Waals surface area contributed by atoms with Crippen LogP contribution in [0.4, 0.5) is 0 Å². The highest BCUT2D eigenvalue weighted by Crippen LogP contribution is 2.30. The van der Waals surface area contributed by atoms with Crippen molar-refractivity contribution in [3.05, 3.63) is 91.0 Å². The van der Waals surface area contributed by atoms with Crippen LogP contribution in [0.1, 0.15) is 31.0 Å². The number of aromatic nitrogens is 1. The van der Waals surface area contributed by atoms with Gasteiger partial charge in [0.05, 0.1) is 41.0 Å². The van der Waals surface area contributed by atoms with E-state index < -0.39 is 12.0 Å². The quantitative estimate of drug-likeness (QED) is 0.637. The number of nitrogens with zero attached hydrogens (tertiary/aromatic N) is 2. The molecule has 0 aliphatic carbocycles. The number of esters is 1. The number of carbonyl (C=O) groups is 1. The molecular weight excluding hydrogens is 376 g/mol. The average Bonchev–Trinajstić information content (AvgIpc) is 3.30. The number of hydrogen-bond donors (Lipinski definition) is 0. The van der Waals surface area contributed by atoms with Crippen molar-refractivity contribution >= 4 is 23.4 Å². The summed E-state index contributed by atoms with van der Waals surface area (Å²) >= 11 is 1.29. The molecule has 1 aromatic carbocycles. The largest absolute Gasteiger partial charge is 0.472 e. The summed E-state index contributed by atoms with van der Waals surface area (Å²) < 4.78 is 12.4. The molecule has 0 fully saturated rings. The molecule has 28 heavy (non-hydrogen) atoms. The molecule has 4 rings (SSSR count). The van der Waals surface area contributed by atoms with Crippen molar-refractivity contribution in [1.29, 1.82) is 0 Å². The van der Waals surface area contributed by atoms with Crippen LogP contribution in [0.25, 0.3) is 6.08 Å². The molecule has 7 heteroatoms. The summed E-state index contributed by atoms with van der Waals surface area (Å²) in [4.78, 5) is 31.0. The van der Waals surface area contributed by atoms with E-state index in [4.69, 9.17) is 9.15 Å². The van der Waals surface area contributed by atoms with Gasteiger partial charge >= 0.3 is 5.97 Å². The van der Waals surface area contributed by atoms with Gasteiger partial charge < -0.3 is 9.15 Å². The Bertz CT molecular complexity index is 1220. The SMILES string of the molecule is CCOC(=O)C1=C(C)N=c2s/c(=C\c3ccoc3)c(=O)n2C1c1ccccc1. The summed E-state index contributed by atoms with van der Waals surface area (Å²) in [6.07, 6.45) is 4.89. The molecular formula is C21H18N2O4S. The molecule has 1 aliphatic rings. The van der Waals surface area contributed by atoms with Crippen LogP contribution in [0.3, 0.4) is 0 Å². The van der Waals surface area contributed by atoms with E-state index in [1.165, 1.54) is 11.3 Å². The molecule has 6 nitrogen and oxygen atoms in total. The van der Waals surface area contributed by atoms with Gasteiger partial charge in [-0.2, -0.15) is 0 Å². The predicted octanol–water partition coefficient (Wildman–Crippen LogP) is 2.39. The van der Waals surface area contributed by atoms with Crippen LogP contribution in [0.2, 0.25) is 0 Å². The van der Waals surface area contributed by atoms with E-state index in [1.807, 2.05) is 30.3 Å². The zero-order valence-electron chi connectivity index (χ0n) is 15.4. The highest BCUT2D eigenvalue weighted by Gasteiger charge is 2.33. The lowest BCUT2D eigenvalue weighted by Gasteiger charge is -2.24. The maximum Gasteiger partial charge on any atom is 0.338 e. The third-order valence-electron chi connectivity index (χ3n) is 4.47. The summed E-state index contributed by atoms with van der Waals surface area (Å²) in [5.41, 5.74) is 2.37. The first kappa shape index (κ1) is 18.2. The molecule has 0 saturated heterocycles. The van der Waals surface area contributed by atoms with Gasteiger partial charge in [0.1, 0.15) is 0 Å². The first-order valence-corrected chi connectivity index (χ1v) is 9.68. The Hall–Kier alpha value is -3.19. The van der Waals surface area contributed by atoms with Crippen LogP contribution in [-0.4, -0.2) is 17.1 Å². The maximum atomic E-state index is 13.2. The lowest BCUT2D eigenvalue weighted by atomic mass is 9.96. The Morgan fingerprint density at radius 3 is 2.79 bits per heavy atom. The molecule has 1 aliphatic heterocycles. The average molecular weight is 394 g/mol. The smallest absolute Gasteiger partial charge is 0.338 e. The molecule has 2 aromatic heterocycles. The Kier molecular flexibility index (Phi) is 4.83. The predicted molar refractivity (Wildman–Crippen MR) is 106 cm³/mol. The molecule has 0 amide bonds. The van der Waals surface area contributed by atoms with Gasteiger partial charge in [-0.3, -0.25) is 9.36 Å². The third-order valence-corrected chi connectivity index (χ3v) is 5.46. The number of rotatable bonds is 4. The van der Waals surface area contributed by atoms with E-state index in [1.54, 1.807) is 43.1 Å². The minimum Gasteiger partial charge on any atom is -0.472 e. The number of furan rings is 1. The highest BCUT2D eigenvalue weighted by molar-refractivity contribution is 7.07. The van der Waals surface area contributed by atoms with Gasteiger partial charge in [0, 0.05) is 5.56 Å². The highest BCUT2D eigenvalue weighted by atomic mass is 32.1. The molecule has 0 radical (unpaired) electrons. The van der Waals surface area contributed by atoms with Gasteiger partial charge in [0.25, 0.3) is 5.56 Å². The van der Waals surface area contributed by atoms with Gasteiger partial charge in [-0.05, 0) is 31.6 Å². The maximum absolute atomic E-state index is 13.2. The lowest BCUT2D eigenvalue weighted by Crippen LogP contribution is -2.39. The number of ether oxygens (including phenoxy) is 1. The first-order chi connectivity index (χ1) is 13.6. The molecule has 0 spiro atoms. The fourth-order valence-corrected chi connectivity index (χ4v) is 4.30. The standard InChI is InChI=1S/C21H18N2O4S/c1-3-27-20(25)17-13(2)22-21-23(18(17)15-7-5-4-6-8-15)19(24)16(28-21)11-14-9-10-26-12-14/h4-12,18H,3H2,1-2H3/b16-11-. The van der Waals surface area contributed by atoms with Gasteiger partial charge in [0.2, 0.25) is 0 Å². The second kappa shape index (κ2) is 7.44. The van der Waals surface area contributed by atoms with Crippen molar-refractivity contribution in [2.45, 2.75) is 19.9 Å². The Labute approximate surface area is 164 Å². The van der Waals surface area contributed by atoms with Crippen molar-refractivity contribution in [2.75, 3.05) is 6.61 Å². The molecule has 3 heterocycles. The fraction of sp³-hybridized carbons (Fsp3) is 0.190. The third kappa shape index (κ3) is 3.14. The fourth-order valence-electron chi connectivity index (χ4n) is 3.25. The zero-order chi connectivity index (χ0) is 19.7. The van der Waals surface area contributed by atoms with Crippen LogP contribution < -0.4 is 14.9 Å². The topological polar surface area (TPSA) is 73.8 Å². The van der Waals surface area contributed by atoms with Crippen molar-refractivity contribution in [3.8, 4) is 0 Å². The van der Waals surface area contributed by atoms with Crippen LogP contribution in [0, 0.1) is 0 Å². The molecule has 0 bridgehead atoms. The first-order valence-electron chi connectivity index (χ1n) is 8.87. The van der Waals surface area contributed by atoms with E-state index in [-0.39, 0.29) is 12.2 Å². The Morgan fingerprint density at radius 1 is 1.32 bits per heavy atom. The summed E-state index contributed by atoms with van der Waals surface area (Å²) in [6.45, 7) is 3.78. The summed E-state index contributed by atoms with van der Waals surface area (Å²) in [7, 11) is 0. The van der Waals surface area contributed by atoms with Crippen molar-refractivity contribution in [1.82, 2.24) is 4.57 Å². The molecule has 1 atom stereocenters. The van der Waals surface area contributed by atoms with E-state index in [0.29, 0.717) is 20.6 Å². The molecule has 1 unspecified atom stereocenters. The molecule has 3 aromatic rings. The Morgan fingerprint density at radius 2 is 2.11 bits per heavy atom. The number of hydrogen-bond acceptors (Lipinski definition) is 6. The minimum atomic E-state index is -0.581. The van der Waals surface area contributed by atoms with Crippen LogP contribution in [0.5, 0.6) is 0 Å². The van der Waals surface area contributed by atoms with Gasteiger partial charge in [-0.25, -0.2) is 9.79 Å². The van der Waals surface area contributed by atoms with Gasteiger partial charge in [0.15, 0.2) is 4.80 Å². The normalized spacial score (nSPS) is 16.6. The van der Waals surface area contributed by atoms with E-state index >= 15 is 0 Å². The molecule has 0 saturated carbocycles. The number of carbonyl (C=O) groups excluding carboxylic acids is 1. The molecule has 142 valence electrons. The molecule has 0 N–H and O–H groups in total. The monoisotopic (exact) mass is 394 g/mol. The number of thiazole rings is 1. The van der Waals surface area contributed by atoms with E-state index in [9.17, 15) is 9.59 Å². The van der Waals surface area contributed by atoms with Crippen LogP contribution in [-0.2, 0) is 9.53 Å². The second-order valence-electron chi connectivity index (χ2n) is 6.27. The number of benzene rings is 1. The minimum absolute atomic E-state index is 0.201. The van der Waals surface area contributed by atoms with Crippen LogP contribution in [0.15, 0.2) is 74.4 Å². The van der Waals surface area contributed by atoms with Crippen molar-refractivity contribution in [3.63, 3.8) is 0 Å². The van der Waals surface area contributed by atoms with Gasteiger partial charge in [-0.15, -0.1) is 0 Å². The van der Waals surface area contributed by atoms with E-state index in [2.05, 4.69) is 4.99 Å². The second-order valence-corrected chi connectivity index (χ2v) is 7.28. The van der Waals surface area contributed by atoms with Gasteiger partial charge in [-0.1, -0.05) is 41.7 Å². The zero-order valence-corrected chi connectivity index (χ0v) is 16.2. The van der Waals surface area contributed by atoms with Crippen molar-refractivity contribution in [2.24, 2.45) is 4.99 Å². The Balaban J connectivity index is 1.97. The summed E-state index contributed by atoms with van der Waals surface area (Å²) in [5, 5.41) is 0. The van der Waals surface area contributed by atoms with E-state index in [0.717, 1.165) is 11.1 Å². The van der Waals surface area contributed by atoms with Crippen molar-refractivity contribution < 1.29 is 13.9 Å². The number of fused-ring (bicyclic) bond motifs is 1. The van der Waals surface area contributed by atoms with Crippen LogP contribution >= 0.6 is 11.3 Å².